The third-order valence-electron chi connectivity index (χ3n) is 2.95. The van der Waals surface area contributed by atoms with Gasteiger partial charge in [-0.1, -0.05) is 6.07 Å². The van der Waals surface area contributed by atoms with E-state index in [0.29, 0.717) is 0 Å². The summed E-state index contributed by atoms with van der Waals surface area (Å²) in [6.45, 7) is 2.12. The molecule has 0 aliphatic rings. The van der Waals surface area contributed by atoms with Crippen LogP contribution in [0.3, 0.4) is 0 Å². The fraction of sp³-hybridized carbons (Fsp3) is 0.286. The van der Waals surface area contributed by atoms with E-state index in [0.717, 1.165) is 10.2 Å². The van der Waals surface area contributed by atoms with Crippen molar-refractivity contribution in [3.05, 3.63) is 50.1 Å². The van der Waals surface area contributed by atoms with E-state index in [-0.39, 0.29) is 6.04 Å². The second-order valence-corrected chi connectivity index (χ2v) is 5.97. The second kappa shape index (κ2) is 5.87. The molecule has 2 nitrogen and oxygen atoms in total. The summed E-state index contributed by atoms with van der Waals surface area (Å²) >= 11 is 5.26. The van der Waals surface area contributed by atoms with Gasteiger partial charge in [0.25, 0.3) is 0 Å². The largest absolute Gasteiger partial charge is 0.497 e. The highest BCUT2D eigenvalue weighted by molar-refractivity contribution is 9.10. The van der Waals surface area contributed by atoms with Gasteiger partial charge in [0.05, 0.1) is 13.2 Å². The van der Waals surface area contributed by atoms with Crippen molar-refractivity contribution >= 4 is 27.3 Å². The molecule has 2 rings (SSSR count). The fourth-order valence-electron chi connectivity index (χ4n) is 2.03. The first kappa shape index (κ1) is 13.6. The van der Waals surface area contributed by atoms with Crippen molar-refractivity contribution in [2.75, 3.05) is 14.2 Å². The van der Waals surface area contributed by atoms with Gasteiger partial charge < -0.3 is 10.1 Å². The molecular formula is C14H16BrNOS. The van der Waals surface area contributed by atoms with E-state index >= 15 is 0 Å². The van der Waals surface area contributed by atoms with Gasteiger partial charge in [-0.25, -0.2) is 0 Å². The molecule has 0 aliphatic heterocycles. The molecule has 1 heterocycles. The van der Waals surface area contributed by atoms with Gasteiger partial charge in [0.1, 0.15) is 5.75 Å². The molecule has 0 amide bonds. The SMILES string of the molecule is CNC(c1cc(Br)cs1)c1ccc(OC)cc1C. The summed E-state index contributed by atoms with van der Waals surface area (Å²) in [5.41, 5.74) is 2.52. The van der Waals surface area contributed by atoms with Crippen LogP contribution in [0.4, 0.5) is 0 Å². The number of nitrogens with one attached hydrogen (secondary N) is 1. The van der Waals surface area contributed by atoms with Crippen molar-refractivity contribution in [3.8, 4) is 5.75 Å². The quantitative estimate of drug-likeness (QED) is 0.912. The van der Waals surface area contributed by atoms with E-state index in [4.69, 9.17) is 4.74 Å². The van der Waals surface area contributed by atoms with Gasteiger partial charge in [0.15, 0.2) is 0 Å². The summed E-state index contributed by atoms with van der Waals surface area (Å²) < 4.78 is 6.38. The zero-order valence-corrected chi connectivity index (χ0v) is 13.1. The maximum Gasteiger partial charge on any atom is 0.119 e. The van der Waals surface area contributed by atoms with Crippen LogP contribution in [0.25, 0.3) is 0 Å². The molecule has 4 heteroatoms. The minimum atomic E-state index is 0.229. The Morgan fingerprint density at radius 3 is 2.61 bits per heavy atom. The van der Waals surface area contributed by atoms with E-state index in [1.807, 2.05) is 13.1 Å². The van der Waals surface area contributed by atoms with Gasteiger partial charge >= 0.3 is 0 Å². The molecule has 2 aromatic rings. The summed E-state index contributed by atoms with van der Waals surface area (Å²) in [5, 5.41) is 5.48. The number of hydrogen-bond acceptors (Lipinski definition) is 3. The third kappa shape index (κ3) is 2.76. The lowest BCUT2D eigenvalue weighted by atomic mass is 10.00. The third-order valence-corrected chi connectivity index (χ3v) is 4.71. The number of methoxy groups -OCH3 is 1. The first-order valence-electron chi connectivity index (χ1n) is 5.71. The highest BCUT2D eigenvalue weighted by atomic mass is 79.9. The van der Waals surface area contributed by atoms with Crippen LogP contribution in [0, 0.1) is 6.92 Å². The number of aryl methyl sites for hydroxylation is 1. The summed E-state index contributed by atoms with van der Waals surface area (Å²) in [4.78, 5) is 1.30. The normalized spacial score (nSPS) is 12.4. The molecule has 0 saturated carbocycles. The van der Waals surface area contributed by atoms with Crippen LogP contribution in [0.2, 0.25) is 0 Å². The Labute approximate surface area is 120 Å². The van der Waals surface area contributed by atoms with Gasteiger partial charge in [0, 0.05) is 14.7 Å². The van der Waals surface area contributed by atoms with Crippen molar-refractivity contribution < 1.29 is 4.74 Å². The molecule has 1 aromatic carbocycles. The van der Waals surface area contributed by atoms with Gasteiger partial charge in [-0.15, -0.1) is 11.3 Å². The Morgan fingerprint density at radius 2 is 2.11 bits per heavy atom. The molecule has 1 N–H and O–H groups in total. The molecule has 0 bridgehead atoms. The summed E-state index contributed by atoms with van der Waals surface area (Å²) in [6, 6.07) is 8.60. The molecule has 1 unspecified atom stereocenters. The lowest BCUT2D eigenvalue weighted by Crippen LogP contribution is -2.17. The Bertz CT molecular complexity index is 538. The monoisotopic (exact) mass is 325 g/mol. The lowest BCUT2D eigenvalue weighted by Gasteiger charge is -2.18. The van der Waals surface area contributed by atoms with Crippen LogP contribution < -0.4 is 10.1 Å². The topological polar surface area (TPSA) is 21.3 Å². The highest BCUT2D eigenvalue weighted by Crippen LogP contribution is 2.32. The number of halogens is 1. The zero-order chi connectivity index (χ0) is 13.1. The second-order valence-electron chi connectivity index (χ2n) is 4.11. The average Bonchev–Trinajstić information content (AvgIpc) is 2.78. The smallest absolute Gasteiger partial charge is 0.119 e. The standard InChI is InChI=1S/C14H16BrNOS/c1-9-6-11(17-3)4-5-12(9)14(16-2)13-7-10(15)8-18-13/h4-8,14,16H,1-3H3. The van der Waals surface area contributed by atoms with E-state index in [9.17, 15) is 0 Å². The fourth-order valence-corrected chi connectivity index (χ4v) is 3.60. The van der Waals surface area contributed by atoms with Crippen LogP contribution >= 0.6 is 27.3 Å². The van der Waals surface area contributed by atoms with Crippen LogP contribution in [-0.2, 0) is 0 Å². The Balaban J connectivity index is 2.39. The molecule has 1 atom stereocenters. The minimum Gasteiger partial charge on any atom is -0.497 e. The molecular weight excluding hydrogens is 310 g/mol. The van der Waals surface area contributed by atoms with Crippen molar-refractivity contribution in [1.29, 1.82) is 0 Å². The predicted octanol–water partition coefficient (Wildman–Crippen LogP) is 4.14. The van der Waals surface area contributed by atoms with Gasteiger partial charge in [-0.3, -0.25) is 0 Å². The van der Waals surface area contributed by atoms with Crippen LogP contribution in [0.15, 0.2) is 34.1 Å². The number of hydrogen-bond donors (Lipinski definition) is 1. The van der Waals surface area contributed by atoms with E-state index in [2.05, 4.69) is 51.7 Å². The first-order valence-corrected chi connectivity index (χ1v) is 7.38. The minimum absolute atomic E-state index is 0.229. The zero-order valence-electron chi connectivity index (χ0n) is 10.7. The maximum absolute atomic E-state index is 5.25. The molecule has 0 aliphatic carbocycles. The predicted molar refractivity (Wildman–Crippen MR) is 80.7 cm³/mol. The molecule has 0 fully saturated rings. The number of ether oxygens (including phenoxy) is 1. The van der Waals surface area contributed by atoms with Crippen molar-refractivity contribution in [2.45, 2.75) is 13.0 Å². The summed E-state index contributed by atoms with van der Waals surface area (Å²) in [5.74, 6) is 0.901. The molecule has 18 heavy (non-hydrogen) atoms. The van der Waals surface area contributed by atoms with Crippen LogP contribution in [-0.4, -0.2) is 14.2 Å². The van der Waals surface area contributed by atoms with Gasteiger partial charge in [-0.2, -0.15) is 0 Å². The Kier molecular flexibility index (Phi) is 4.43. The van der Waals surface area contributed by atoms with Crippen LogP contribution in [0.1, 0.15) is 22.0 Å². The molecule has 0 spiro atoms. The molecule has 96 valence electrons. The maximum atomic E-state index is 5.25. The number of benzene rings is 1. The van der Waals surface area contributed by atoms with Crippen molar-refractivity contribution in [2.24, 2.45) is 0 Å². The molecule has 1 aromatic heterocycles. The highest BCUT2D eigenvalue weighted by Gasteiger charge is 2.16. The number of rotatable bonds is 4. The first-order chi connectivity index (χ1) is 8.65. The van der Waals surface area contributed by atoms with Crippen LogP contribution in [0.5, 0.6) is 5.75 Å². The number of thiophene rings is 1. The summed E-state index contributed by atoms with van der Waals surface area (Å²) in [6.07, 6.45) is 0. The Morgan fingerprint density at radius 1 is 1.33 bits per heavy atom. The van der Waals surface area contributed by atoms with E-state index in [1.165, 1.54) is 16.0 Å². The summed E-state index contributed by atoms with van der Waals surface area (Å²) in [7, 11) is 3.68. The Hall–Kier alpha value is -0.840. The lowest BCUT2D eigenvalue weighted by molar-refractivity contribution is 0.414. The molecule has 0 radical (unpaired) electrons. The van der Waals surface area contributed by atoms with Crippen molar-refractivity contribution in [3.63, 3.8) is 0 Å². The molecule has 0 saturated heterocycles. The van der Waals surface area contributed by atoms with Gasteiger partial charge in [-0.05, 0) is 59.2 Å². The van der Waals surface area contributed by atoms with Crippen molar-refractivity contribution in [1.82, 2.24) is 5.32 Å². The van der Waals surface area contributed by atoms with E-state index in [1.54, 1.807) is 18.4 Å². The van der Waals surface area contributed by atoms with E-state index < -0.39 is 0 Å². The average molecular weight is 326 g/mol. The van der Waals surface area contributed by atoms with Gasteiger partial charge in [0.2, 0.25) is 0 Å².